The molecular formula is C23H27N11O3S2. The van der Waals surface area contributed by atoms with E-state index in [1.165, 1.54) is 31.6 Å². The van der Waals surface area contributed by atoms with Crippen molar-refractivity contribution in [1.29, 1.82) is 0 Å². The zero-order valence-electron chi connectivity index (χ0n) is 22.4. The maximum Gasteiger partial charge on any atom is 0.273 e. The van der Waals surface area contributed by atoms with E-state index in [1.54, 1.807) is 23.1 Å². The van der Waals surface area contributed by atoms with Crippen molar-refractivity contribution in [2.24, 2.45) is 10.2 Å². The highest BCUT2D eigenvalue weighted by Gasteiger charge is 2.30. The molecule has 1 aromatic carbocycles. The highest BCUT2D eigenvalue weighted by atomic mass is 32.2. The third-order valence-corrected chi connectivity index (χ3v) is 8.16. The van der Waals surface area contributed by atoms with Gasteiger partial charge in [-0.1, -0.05) is 32.1 Å². The Kier molecular flexibility index (Phi) is 6.56. The van der Waals surface area contributed by atoms with Gasteiger partial charge < -0.3 is 14.6 Å². The first-order valence-electron chi connectivity index (χ1n) is 11.7. The van der Waals surface area contributed by atoms with E-state index in [1.807, 2.05) is 39.8 Å². The van der Waals surface area contributed by atoms with Crippen molar-refractivity contribution in [3.05, 3.63) is 30.2 Å². The van der Waals surface area contributed by atoms with Gasteiger partial charge in [0.2, 0.25) is 21.0 Å². The van der Waals surface area contributed by atoms with Crippen LogP contribution in [0.3, 0.4) is 0 Å². The molecule has 4 aromatic heterocycles. The molecule has 0 bridgehead atoms. The molecule has 0 aliphatic carbocycles. The third kappa shape index (κ3) is 4.81. The molecule has 0 radical (unpaired) electrons. The number of thiazole rings is 1. The Morgan fingerprint density at radius 3 is 2.59 bits per heavy atom. The van der Waals surface area contributed by atoms with Crippen LogP contribution < -0.4 is 14.4 Å². The number of ether oxygens (including phenoxy) is 1. The zero-order chi connectivity index (χ0) is 28.1. The standard InChI is InChI=1S/C23H27N11O3S2/c1-23(2,3)17-15(30-31-21-28-18-16(25-11-26-18)19(29-21)33(5)6)20(37-7)34(32-17)22-27-13-9-8-12(10-14(13)38-22)39(35,36)24-4/h8-11,24H,1-7H3,(H,25,26,28,29). The number of imidazole rings is 1. The maximum atomic E-state index is 12.3. The third-order valence-electron chi connectivity index (χ3n) is 5.75. The Bertz CT molecular complexity index is 1830. The fourth-order valence-corrected chi connectivity index (χ4v) is 5.63. The number of fused-ring (bicyclic) bond motifs is 2. The second-order valence-corrected chi connectivity index (χ2v) is 12.6. The minimum atomic E-state index is -3.60. The van der Waals surface area contributed by atoms with Gasteiger partial charge in [-0.25, -0.2) is 23.1 Å². The monoisotopic (exact) mass is 569 g/mol. The molecule has 5 rings (SSSR count). The molecule has 0 amide bonds. The fraction of sp³-hybridized carbons (Fsp3) is 0.348. The van der Waals surface area contributed by atoms with Gasteiger partial charge in [0, 0.05) is 19.5 Å². The molecular weight excluding hydrogens is 542 g/mol. The van der Waals surface area contributed by atoms with Gasteiger partial charge in [-0.05, 0) is 25.2 Å². The van der Waals surface area contributed by atoms with Crippen LogP contribution in [0.4, 0.5) is 17.5 Å². The Morgan fingerprint density at radius 2 is 1.92 bits per heavy atom. The molecule has 0 aliphatic rings. The Hall–Kier alpha value is -4.02. The van der Waals surface area contributed by atoms with Crippen LogP contribution in [-0.4, -0.2) is 71.4 Å². The van der Waals surface area contributed by atoms with Gasteiger partial charge in [0.1, 0.15) is 5.52 Å². The van der Waals surface area contributed by atoms with Crippen LogP contribution in [0.25, 0.3) is 26.5 Å². The molecule has 0 fully saturated rings. The number of nitrogens with zero attached hydrogens (tertiary/aromatic N) is 9. The van der Waals surface area contributed by atoms with E-state index in [2.05, 4.69) is 39.9 Å². The zero-order valence-corrected chi connectivity index (χ0v) is 24.0. The van der Waals surface area contributed by atoms with Crippen molar-refractivity contribution in [3.63, 3.8) is 0 Å². The second kappa shape index (κ2) is 9.62. The van der Waals surface area contributed by atoms with Crippen LogP contribution in [0.15, 0.2) is 39.7 Å². The average Bonchev–Trinajstić information content (AvgIpc) is 3.61. The molecule has 0 aliphatic heterocycles. The van der Waals surface area contributed by atoms with Gasteiger partial charge >= 0.3 is 0 Å². The molecule has 204 valence electrons. The van der Waals surface area contributed by atoms with Crippen LogP contribution in [0, 0.1) is 0 Å². The molecule has 16 heteroatoms. The number of hydrogen-bond acceptors (Lipinski definition) is 12. The van der Waals surface area contributed by atoms with E-state index in [4.69, 9.17) is 9.84 Å². The number of aromatic nitrogens is 7. The lowest BCUT2D eigenvalue weighted by molar-refractivity contribution is 0.384. The van der Waals surface area contributed by atoms with E-state index in [0.29, 0.717) is 49.6 Å². The smallest absolute Gasteiger partial charge is 0.273 e. The predicted octanol–water partition coefficient (Wildman–Crippen LogP) is 3.84. The summed E-state index contributed by atoms with van der Waals surface area (Å²) in [6.07, 6.45) is 1.55. The van der Waals surface area contributed by atoms with Gasteiger partial charge in [0.15, 0.2) is 17.2 Å². The first kappa shape index (κ1) is 26.6. The number of H-pyrrole nitrogens is 1. The second-order valence-electron chi connectivity index (χ2n) is 9.74. The van der Waals surface area contributed by atoms with E-state index in [0.717, 1.165) is 0 Å². The van der Waals surface area contributed by atoms with Crippen LogP contribution in [0.1, 0.15) is 26.5 Å². The number of hydrogen-bond donors (Lipinski definition) is 2. The lowest BCUT2D eigenvalue weighted by Crippen LogP contribution is -2.18. The minimum absolute atomic E-state index is 0.131. The Balaban J connectivity index is 1.63. The van der Waals surface area contributed by atoms with Gasteiger partial charge in [-0.3, -0.25) is 0 Å². The molecule has 0 saturated heterocycles. The number of rotatable bonds is 7. The number of benzene rings is 1. The summed E-state index contributed by atoms with van der Waals surface area (Å²) in [6.45, 7) is 6.01. The first-order valence-corrected chi connectivity index (χ1v) is 14.0. The quantitative estimate of drug-likeness (QED) is 0.277. The van der Waals surface area contributed by atoms with Crippen molar-refractivity contribution in [2.75, 3.05) is 33.2 Å². The summed E-state index contributed by atoms with van der Waals surface area (Å²) in [5.41, 5.74) is 2.38. The molecule has 5 aromatic rings. The van der Waals surface area contributed by atoms with E-state index >= 15 is 0 Å². The van der Waals surface area contributed by atoms with Gasteiger partial charge in [-0.15, -0.1) is 10.2 Å². The first-order chi connectivity index (χ1) is 18.4. The van der Waals surface area contributed by atoms with Crippen LogP contribution in [-0.2, 0) is 15.4 Å². The normalized spacial score (nSPS) is 12.7. The highest BCUT2D eigenvalue weighted by molar-refractivity contribution is 7.89. The number of azo groups is 1. The summed E-state index contributed by atoms with van der Waals surface area (Å²) in [7, 11) is 3.01. The SMILES string of the molecule is CNS(=O)(=O)c1ccc2nc(-n3nc(C(C)(C)C)c(N=Nc4nc(N(C)C)c5[nH]cnc5n4)c3OC)sc2c1. The fourth-order valence-electron chi connectivity index (χ4n) is 3.84. The summed E-state index contributed by atoms with van der Waals surface area (Å²) in [4.78, 5) is 22.8. The van der Waals surface area contributed by atoms with E-state index in [9.17, 15) is 8.42 Å². The number of sulfonamides is 1. The van der Waals surface area contributed by atoms with Crippen molar-refractivity contribution < 1.29 is 13.2 Å². The summed E-state index contributed by atoms with van der Waals surface area (Å²) >= 11 is 1.28. The molecule has 39 heavy (non-hydrogen) atoms. The minimum Gasteiger partial charge on any atom is -0.479 e. The van der Waals surface area contributed by atoms with E-state index < -0.39 is 15.4 Å². The highest BCUT2D eigenvalue weighted by Crippen LogP contribution is 2.42. The largest absolute Gasteiger partial charge is 0.479 e. The van der Waals surface area contributed by atoms with Gasteiger partial charge in [0.05, 0.1) is 34.2 Å². The Labute approximate surface area is 228 Å². The molecule has 0 spiro atoms. The molecule has 14 nitrogen and oxygen atoms in total. The number of aromatic amines is 1. The summed E-state index contributed by atoms with van der Waals surface area (Å²) in [5.74, 6) is 1.07. The predicted molar refractivity (Wildman–Crippen MR) is 148 cm³/mol. The van der Waals surface area contributed by atoms with Crippen molar-refractivity contribution in [1.82, 2.24) is 39.4 Å². The molecule has 0 saturated carbocycles. The van der Waals surface area contributed by atoms with Gasteiger partial charge in [-0.2, -0.15) is 19.7 Å². The number of anilines is 1. The van der Waals surface area contributed by atoms with Crippen molar-refractivity contribution >= 4 is 60.2 Å². The van der Waals surface area contributed by atoms with Gasteiger partial charge in [0.25, 0.3) is 5.95 Å². The molecule has 2 N–H and O–H groups in total. The topological polar surface area (TPSA) is 169 Å². The Morgan fingerprint density at radius 1 is 1.15 bits per heavy atom. The lowest BCUT2D eigenvalue weighted by Gasteiger charge is -2.15. The summed E-state index contributed by atoms with van der Waals surface area (Å²) in [5, 5.41) is 14.1. The molecule has 4 heterocycles. The van der Waals surface area contributed by atoms with Crippen LogP contribution in [0.5, 0.6) is 5.88 Å². The van der Waals surface area contributed by atoms with Crippen LogP contribution >= 0.6 is 11.3 Å². The number of methoxy groups -OCH3 is 1. The summed E-state index contributed by atoms with van der Waals surface area (Å²) in [6, 6.07) is 4.75. The maximum absolute atomic E-state index is 12.3. The summed E-state index contributed by atoms with van der Waals surface area (Å²) < 4.78 is 34.9. The van der Waals surface area contributed by atoms with Crippen molar-refractivity contribution in [3.8, 4) is 11.0 Å². The average molecular weight is 570 g/mol. The molecule has 0 unspecified atom stereocenters. The van der Waals surface area contributed by atoms with Crippen LogP contribution in [0.2, 0.25) is 0 Å². The molecule has 0 atom stereocenters. The van der Waals surface area contributed by atoms with E-state index in [-0.39, 0.29) is 10.8 Å². The number of nitrogens with one attached hydrogen (secondary N) is 2. The van der Waals surface area contributed by atoms with Crippen molar-refractivity contribution in [2.45, 2.75) is 31.1 Å². The lowest BCUT2D eigenvalue weighted by atomic mass is 9.91.